The van der Waals surface area contributed by atoms with Gasteiger partial charge in [0.05, 0.1) is 6.54 Å². The van der Waals surface area contributed by atoms with E-state index in [0.717, 1.165) is 18.4 Å². The van der Waals surface area contributed by atoms with Gasteiger partial charge < -0.3 is 14.7 Å². The van der Waals surface area contributed by atoms with Crippen molar-refractivity contribution in [2.45, 2.75) is 52.7 Å². The van der Waals surface area contributed by atoms with Crippen LogP contribution < -0.4 is 5.32 Å². The summed E-state index contributed by atoms with van der Waals surface area (Å²) >= 11 is 0. The fourth-order valence-corrected chi connectivity index (χ4v) is 3.48. The zero-order valence-electron chi connectivity index (χ0n) is 18.3. The lowest BCUT2D eigenvalue weighted by atomic mass is 10.1. The SMILES string of the molecule is CCC(CC)N(Cc1cc(C(=O)NCc2ccc(C)cc2)no1)C(=O)c1ccccc1. The van der Waals surface area contributed by atoms with Gasteiger partial charge in [-0.3, -0.25) is 9.59 Å². The maximum Gasteiger partial charge on any atom is 0.273 e. The van der Waals surface area contributed by atoms with E-state index in [-0.39, 0.29) is 30.1 Å². The summed E-state index contributed by atoms with van der Waals surface area (Å²) in [5, 5.41) is 6.77. The topological polar surface area (TPSA) is 75.4 Å². The molecule has 0 aliphatic rings. The normalized spacial score (nSPS) is 10.8. The fraction of sp³-hybridized carbons (Fsp3) is 0.320. The van der Waals surface area contributed by atoms with Crippen molar-refractivity contribution in [1.82, 2.24) is 15.4 Å². The van der Waals surface area contributed by atoms with E-state index >= 15 is 0 Å². The minimum Gasteiger partial charge on any atom is -0.359 e. The van der Waals surface area contributed by atoms with Crippen LogP contribution in [-0.2, 0) is 13.1 Å². The Labute approximate surface area is 183 Å². The highest BCUT2D eigenvalue weighted by Crippen LogP contribution is 2.18. The molecule has 0 fully saturated rings. The number of aryl methyl sites for hydroxylation is 1. The van der Waals surface area contributed by atoms with Crippen LogP contribution in [0.5, 0.6) is 0 Å². The van der Waals surface area contributed by atoms with Gasteiger partial charge in [0.25, 0.3) is 11.8 Å². The van der Waals surface area contributed by atoms with Gasteiger partial charge in [-0.2, -0.15) is 0 Å². The van der Waals surface area contributed by atoms with Gasteiger partial charge in [-0.05, 0) is 37.5 Å². The lowest BCUT2D eigenvalue weighted by Crippen LogP contribution is -2.39. The Morgan fingerprint density at radius 2 is 1.71 bits per heavy atom. The number of hydrogen-bond acceptors (Lipinski definition) is 4. The van der Waals surface area contributed by atoms with Gasteiger partial charge in [-0.25, -0.2) is 0 Å². The molecule has 3 rings (SSSR count). The second-order valence-corrected chi connectivity index (χ2v) is 7.62. The molecule has 6 heteroatoms. The monoisotopic (exact) mass is 419 g/mol. The maximum absolute atomic E-state index is 13.1. The summed E-state index contributed by atoms with van der Waals surface area (Å²) in [6, 6.07) is 18.8. The highest BCUT2D eigenvalue weighted by molar-refractivity contribution is 5.94. The highest BCUT2D eigenvalue weighted by Gasteiger charge is 2.25. The van der Waals surface area contributed by atoms with E-state index < -0.39 is 0 Å². The summed E-state index contributed by atoms with van der Waals surface area (Å²) < 4.78 is 5.40. The van der Waals surface area contributed by atoms with Crippen molar-refractivity contribution in [3.8, 4) is 0 Å². The molecule has 6 nitrogen and oxygen atoms in total. The van der Waals surface area contributed by atoms with E-state index in [1.807, 2.05) is 61.5 Å². The fourth-order valence-electron chi connectivity index (χ4n) is 3.48. The molecule has 1 N–H and O–H groups in total. The van der Waals surface area contributed by atoms with E-state index in [2.05, 4.69) is 24.3 Å². The van der Waals surface area contributed by atoms with E-state index in [0.29, 0.717) is 17.9 Å². The van der Waals surface area contributed by atoms with Crippen molar-refractivity contribution < 1.29 is 14.1 Å². The van der Waals surface area contributed by atoms with Crippen molar-refractivity contribution in [1.29, 1.82) is 0 Å². The van der Waals surface area contributed by atoms with Crippen LogP contribution in [0.15, 0.2) is 65.2 Å². The predicted molar refractivity (Wildman–Crippen MR) is 120 cm³/mol. The van der Waals surface area contributed by atoms with Crippen LogP contribution in [0, 0.1) is 6.92 Å². The summed E-state index contributed by atoms with van der Waals surface area (Å²) in [6.45, 7) is 6.81. The molecule has 0 atom stereocenters. The minimum atomic E-state index is -0.306. The molecule has 0 unspecified atom stereocenters. The van der Waals surface area contributed by atoms with E-state index in [1.165, 1.54) is 5.56 Å². The Bertz CT molecular complexity index is 992. The number of aromatic nitrogens is 1. The van der Waals surface area contributed by atoms with Gasteiger partial charge in [0.1, 0.15) is 0 Å². The first kappa shape index (κ1) is 22.3. The molecule has 1 aromatic heterocycles. The molecule has 0 aliphatic carbocycles. The number of rotatable bonds is 9. The molecule has 162 valence electrons. The van der Waals surface area contributed by atoms with Crippen molar-refractivity contribution in [3.05, 3.63) is 88.8 Å². The third kappa shape index (κ3) is 5.81. The van der Waals surface area contributed by atoms with Crippen molar-refractivity contribution in [2.75, 3.05) is 0 Å². The lowest BCUT2D eigenvalue weighted by Gasteiger charge is -2.29. The summed E-state index contributed by atoms with van der Waals surface area (Å²) in [5.41, 5.74) is 3.02. The molecule has 3 aromatic rings. The van der Waals surface area contributed by atoms with Gasteiger partial charge in [0.2, 0.25) is 0 Å². The summed E-state index contributed by atoms with van der Waals surface area (Å²) in [4.78, 5) is 27.4. The number of nitrogens with zero attached hydrogens (tertiary/aromatic N) is 2. The molecule has 1 heterocycles. The number of nitrogens with one attached hydrogen (secondary N) is 1. The van der Waals surface area contributed by atoms with Crippen molar-refractivity contribution >= 4 is 11.8 Å². The standard InChI is InChI=1S/C25H29N3O3/c1-4-21(5-2)28(25(30)20-9-7-6-8-10-20)17-22-15-23(27-31-22)24(29)26-16-19-13-11-18(3)12-14-19/h6-15,21H,4-5,16-17H2,1-3H3,(H,26,29). The van der Waals surface area contributed by atoms with Crippen LogP contribution in [-0.4, -0.2) is 27.9 Å². The highest BCUT2D eigenvalue weighted by atomic mass is 16.5. The predicted octanol–water partition coefficient (Wildman–Crippen LogP) is 4.74. The third-order valence-corrected chi connectivity index (χ3v) is 5.36. The Morgan fingerprint density at radius 3 is 2.35 bits per heavy atom. The number of hydrogen-bond donors (Lipinski definition) is 1. The summed E-state index contributed by atoms with van der Waals surface area (Å²) in [5.74, 6) is 0.117. The average molecular weight is 420 g/mol. The Balaban J connectivity index is 1.69. The van der Waals surface area contributed by atoms with Gasteiger partial charge in [0.15, 0.2) is 11.5 Å². The first-order valence-corrected chi connectivity index (χ1v) is 10.7. The van der Waals surface area contributed by atoms with Gasteiger partial charge in [0, 0.05) is 24.2 Å². The molecular formula is C25H29N3O3. The van der Waals surface area contributed by atoms with Gasteiger partial charge in [-0.1, -0.05) is 67.0 Å². The minimum absolute atomic E-state index is 0.0592. The summed E-state index contributed by atoms with van der Waals surface area (Å²) in [6.07, 6.45) is 1.65. The Hall–Kier alpha value is -3.41. The van der Waals surface area contributed by atoms with Crippen LogP contribution in [0.3, 0.4) is 0 Å². The maximum atomic E-state index is 13.1. The first-order chi connectivity index (χ1) is 15.0. The van der Waals surface area contributed by atoms with E-state index in [9.17, 15) is 9.59 Å². The van der Waals surface area contributed by atoms with Crippen molar-refractivity contribution in [2.24, 2.45) is 0 Å². The van der Waals surface area contributed by atoms with Crippen LogP contribution >= 0.6 is 0 Å². The van der Waals surface area contributed by atoms with Crippen LogP contribution in [0.2, 0.25) is 0 Å². The molecule has 0 saturated heterocycles. The second-order valence-electron chi connectivity index (χ2n) is 7.62. The molecule has 0 aliphatic heterocycles. The van der Waals surface area contributed by atoms with Crippen LogP contribution in [0.4, 0.5) is 0 Å². The van der Waals surface area contributed by atoms with Crippen LogP contribution in [0.1, 0.15) is 64.4 Å². The number of benzene rings is 2. The Morgan fingerprint density at radius 1 is 1.03 bits per heavy atom. The molecule has 31 heavy (non-hydrogen) atoms. The van der Waals surface area contributed by atoms with Crippen LogP contribution in [0.25, 0.3) is 0 Å². The van der Waals surface area contributed by atoms with E-state index in [4.69, 9.17) is 4.52 Å². The zero-order valence-corrected chi connectivity index (χ0v) is 18.3. The molecule has 2 aromatic carbocycles. The molecule has 2 amide bonds. The number of carbonyl (C=O) groups is 2. The zero-order chi connectivity index (χ0) is 22.2. The number of amides is 2. The van der Waals surface area contributed by atoms with E-state index in [1.54, 1.807) is 11.0 Å². The summed E-state index contributed by atoms with van der Waals surface area (Å²) in [7, 11) is 0. The molecule has 0 spiro atoms. The average Bonchev–Trinajstić information content (AvgIpc) is 3.27. The smallest absolute Gasteiger partial charge is 0.273 e. The van der Waals surface area contributed by atoms with Crippen molar-refractivity contribution in [3.63, 3.8) is 0 Å². The largest absolute Gasteiger partial charge is 0.359 e. The molecular weight excluding hydrogens is 390 g/mol. The second kappa shape index (κ2) is 10.6. The molecule has 0 bridgehead atoms. The lowest BCUT2D eigenvalue weighted by molar-refractivity contribution is 0.0627. The first-order valence-electron chi connectivity index (χ1n) is 10.7. The van der Waals surface area contributed by atoms with Gasteiger partial charge >= 0.3 is 0 Å². The molecule has 0 radical (unpaired) electrons. The molecule has 0 saturated carbocycles. The third-order valence-electron chi connectivity index (χ3n) is 5.36. The van der Waals surface area contributed by atoms with Gasteiger partial charge in [-0.15, -0.1) is 0 Å². The Kier molecular flexibility index (Phi) is 7.60. The number of carbonyl (C=O) groups excluding carboxylic acids is 2. The quantitative estimate of drug-likeness (QED) is 0.543.